The SMILES string of the molecule is COCCCN1CCC(c2nc(-n3nc(C(C)C)c4ccccc43)no2)CC1.Cl. The molecule has 0 aliphatic carbocycles. The molecule has 1 saturated heterocycles. The largest absolute Gasteiger partial charge is 0.385 e. The fraction of sp³-hybridized carbons (Fsp3) is 0.571. The first-order valence-corrected chi connectivity index (χ1v) is 10.2. The van der Waals surface area contributed by atoms with E-state index in [4.69, 9.17) is 19.3 Å². The Hall–Kier alpha value is -1.96. The molecule has 0 N–H and O–H groups in total. The fourth-order valence-corrected chi connectivity index (χ4v) is 3.98. The molecule has 0 spiro atoms. The summed E-state index contributed by atoms with van der Waals surface area (Å²) in [6.07, 6.45) is 3.17. The highest BCUT2D eigenvalue weighted by Gasteiger charge is 2.26. The first-order chi connectivity index (χ1) is 13.7. The maximum absolute atomic E-state index is 5.65. The van der Waals surface area contributed by atoms with E-state index in [2.05, 4.69) is 36.0 Å². The van der Waals surface area contributed by atoms with E-state index in [9.17, 15) is 0 Å². The molecule has 7 nitrogen and oxygen atoms in total. The Morgan fingerprint density at radius 3 is 2.69 bits per heavy atom. The van der Waals surface area contributed by atoms with Gasteiger partial charge < -0.3 is 14.2 Å². The van der Waals surface area contributed by atoms with Crippen LogP contribution in [0.25, 0.3) is 16.9 Å². The van der Waals surface area contributed by atoms with Crippen LogP contribution in [0.3, 0.4) is 0 Å². The summed E-state index contributed by atoms with van der Waals surface area (Å²) in [7, 11) is 1.76. The van der Waals surface area contributed by atoms with Crippen LogP contribution in [0, 0.1) is 0 Å². The van der Waals surface area contributed by atoms with Crippen molar-refractivity contribution >= 4 is 23.3 Å². The molecule has 0 atom stereocenters. The van der Waals surface area contributed by atoms with Crippen LogP contribution >= 0.6 is 12.4 Å². The van der Waals surface area contributed by atoms with E-state index in [1.807, 2.05) is 16.8 Å². The molecule has 0 unspecified atom stereocenters. The summed E-state index contributed by atoms with van der Waals surface area (Å²) in [5.74, 6) is 1.92. The summed E-state index contributed by atoms with van der Waals surface area (Å²) < 4.78 is 12.6. The number of benzene rings is 1. The Kier molecular flexibility index (Phi) is 7.27. The van der Waals surface area contributed by atoms with Crippen molar-refractivity contribution in [3.05, 3.63) is 35.9 Å². The third kappa shape index (κ3) is 4.63. The Balaban J connectivity index is 0.00000240. The number of methoxy groups -OCH3 is 1. The second-order valence-electron chi connectivity index (χ2n) is 7.86. The van der Waals surface area contributed by atoms with Gasteiger partial charge in [0.25, 0.3) is 5.95 Å². The van der Waals surface area contributed by atoms with Crippen molar-refractivity contribution in [2.45, 2.75) is 44.9 Å². The summed E-state index contributed by atoms with van der Waals surface area (Å²) in [6.45, 7) is 8.35. The summed E-state index contributed by atoms with van der Waals surface area (Å²) in [4.78, 5) is 7.20. The van der Waals surface area contributed by atoms with Crippen molar-refractivity contribution in [1.29, 1.82) is 0 Å². The van der Waals surface area contributed by atoms with Gasteiger partial charge in [-0.1, -0.05) is 32.0 Å². The number of piperidine rings is 1. The van der Waals surface area contributed by atoms with Crippen molar-refractivity contribution in [1.82, 2.24) is 24.8 Å². The van der Waals surface area contributed by atoms with Crippen LogP contribution in [0.1, 0.15) is 56.5 Å². The zero-order chi connectivity index (χ0) is 19.5. The van der Waals surface area contributed by atoms with Gasteiger partial charge in [0.15, 0.2) is 0 Å². The molecule has 1 aliphatic rings. The van der Waals surface area contributed by atoms with Crippen LogP contribution in [0.5, 0.6) is 0 Å². The van der Waals surface area contributed by atoms with E-state index >= 15 is 0 Å². The first-order valence-electron chi connectivity index (χ1n) is 10.2. The molecule has 3 heterocycles. The van der Waals surface area contributed by atoms with Crippen LogP contribution in [-0.4, -0.2) is 58.2 Å². The molecule has 2 aromatic heterocycles. The molecular formula is C21H30ClN5O2. The van der Waals surface area contributed by atoms with E-state index in [-0.39, 0.29) is 12.4 Å². The van der Waals surface area contributed by atoms with Crippen LogP contribution < -0.4 is 0 Å². The lowest BCUT2D eigenvalue weighted by Crippen LogP contribution is -2.34. The minimum atomic E-state index is 0. The molecule has 8 heteroatoms. The van der Waals surface area contributed by atoms with Crippen molar-refractivity contribution < 1.29 is 9.26 Å². The number of ether oxygens (including phenoxy) is 1. The standard InChI is InChI=1S/C21H29N5O2.ClH/c1-15(2)19-17-7-4-5-8-18(17)26(23-19)21-22-20(28-24-21)16-9-12-25(13-10-16)11-6-14-27-3;/h4-5,7-8,15-16H,6,9-14H2,1-3H3;1H. The van der Waals surface area contributed by atoms with Gasteiger partial charge in [-0.25, -0.2) is 0 Å². The highest BCUT2D eigenvalue weighted by Crippen LogP contribution is 2.29. The average Bonchev–Trinajstić information content (AvgIpc) is 3.34. The van der Waals surface area contributed by atoms with E-state index in [1.54, 1.807) is 7.11 Å². The lowest BCUT2D eigenvalue weighted by atomic mass is 9.97. The van der Waals surface area contributed by atoms with Gasteiger partial charge >= 0.3 is 0 Å². The zero-order valence-corrected chi connectivity index (χ0v) is 18.2. The highest BCUT2D eigenvalue weighted by molar-refractivity contribution is 5.85. The monoisotopic (exact) mass is 419 g/mol. The third-order valence-corrected chi connectivity index (χ3v) is 5.54. The molecule has 1 aromatic carbocycles. The molecule has 0 radical (unpaired) electrons. The topological polar surface area (TPSA) is 69.2 Å². The molecule has 0 bridgehead atoms. The maximum Gasteiger partial charge on any atom is 0.291 e. The summed E-state index contributed by atoms with van der Waals surface area (Å²) in [5.41, 5.74) is 2.08. The van der Waals surface area contributed by atoms with Gasteiger partial charge in [0.05, 0.1) is 11.2 Å². The van der Waals surface area contributed by atoms with Gasteiger partial charge in [0.2, 0.25) is 5.89 Å². The van der Waals surface area contributed by atoms with Crippen molar-refractivity contribution in [3.63, 3.8) is 0 Å². The van der Waals surface area contributed by atoms with Crippen LogP contribution in [0.15, 0.2) is 28.8 Å². The Labute approximate surface area is 177 Å². The molecule has 0 amide bonds. The van der Waals surface area contributed by atoms with Crippen molar-refractivity contribution in [2.24, 2.45) is 0 Å². The van der Waals surface area contributed by atoms with Crippen molar-refractivity contribution in [2.75, 3.05) is 33.4 Å². The number of nitrogens with zero attached hydrogens (tertiary/aromatic N) is 5. The van der Waals surface area contributed by atoms with Gasteiger partial charge in [-0.05, 0) is 49.5 Å². The molecular weight excluding hydrogens is 390 g/mol. The predicted octanol–water partition coefficient (Wildman–Crippen LogP) is 4.17. The zero-order valence-electron chi connectivity index (χ0n) is 17.4. The molecule has 0 saturated carbocycles. The Bertz CT molecular complexity index is 915. The molecule has 4 rings (SSSR count). The second kappa shape index (κ2) is 9.69. The van der Waals surface area contributed by atoms with Gasteiger partial charge in [-0.2, -0.15) is 14.8 Å². The maximum atomic E-state index is 5.65. The van der Waals surface area contributed by atoms with Gasteiger partial charge in [0.1, 0.15) is 0 Å². The lowest BCUT2D eigenvalue weighted by Gasteiger charge is -2.30. The number of hydrogen-bond acceptors (Lipinski definition) is 6. The Morgan fingerprint density at radius 1 is 1.21 bits per heavy atom. The average molecular weight is 420 g/mol. The summed E-state index contributed by atoms with van der Waals surface area (Å²) in [5, 5.41) is 10.2. The smallest absolute Gasteiger partial charge is 0.291 e. The minimum Gasteiger partial charge on any atom is -0.385 e. The van der Waals surface area contributed by atoms with Gasteiger partial charge in [-0.15, -0.1) is 12.4 Å². The quantitative estimate of drug-likeness (QED) is 0.535. The molecule has 158 valence electrons. The van der Waals surface area contributed by atoms with Gasteiger partial charge in [0, 0.05) is 31.6 Å². The molecule has 29 heavy (non-hydrogen) atoms. The number of aromatic nitrogens is 4. The normalized spacial score (nSPS) is 15.9. The second-order valence-corrected chi connectivity index (χ2v) is 7.86. The summed E-state index contributed by atoms with van der Waals surface area (Å²) >= 11 is 0. The fourth-order valence-electron chi connectivity index (χ4n) is 3.98. The number of fused-ring (bicyclic) bond motifs is 1. The van der Waals surface area contributed by atoms with E-state index in [0.29, 0.717) is 17.8 Å². The number of rotatable bonds is 7. The molecule has 1 fully saturated rings. The van der Waals surface area contributed by atoms with Crippen molar-refractivity contribution in [3.8, 4) is 5.95 Å². The number of para-hydroxylation sites is 1. The van der Waals surface area contributed by atoms with Crippen LogP contribution in [-0.2, 0) is 4.74 Å². The highest BCUT2D eigenvalue weighted by atomic mass is 35.5. The number of halogens is 1. The minimum absolute atomic E-state index is 0. The summed E-state index contributed by atoms with van der Waals surface area (Å²) in [6, 6.07) is 8.23. The van der Waals surface area contributed by atoms with E-state index in [1.165, 1.54) is 0 Å². The van der Waals surface area contributed by atoms with Gasteiger partial charge in [-0.3, -0.25) is 0 Å². The Morgan fingerprint density at radius 2 is 1.97 bits per heavy atom. The lowest BCUT2D eigenvalue weighted by molar-refractivity contribution is 0.152. The molecule has 3 aromatic rings. The predicted molar refractivity (Wildman–Crippen MR) is 115 cm³/mol. The first kappa shape index (κ1) is 21.7. The number of likely N-dealkylation sites (tertiary alicyclic amines) is 1. The van der Waals surface area contributed by atoms with Crippen LogP contribution in [0.4, 0.5) is 0 Å². The van der Waals surface area contributed by atoms with E-state index < -0.39 is 0 Å². The van der Waals surface area contributed by atoms with Crippen LogP contribution in [0.2, 0.25) is 0 Å². The number of hydrogen-bond donors (Lipinski definition) is 0. The third-order valence-electron chi connectivity index (χ3n) is 5.54. The van der Waals surface area contributed by atoms with E-state index in [0.717, 1.165) is 68.0 Å². The molecule has 1 aliphatic heterocycles.